The number of carbonyl (C=O) groups excluding carboxylic acids is 3. The van der Waals surface area contributed by atoms with E-state index in [0.717, 1.165) is 17.5 Å². The average molecular weight is 411 g/mol. The van der Waals surface area contributed by atoms with Crippen molar-refractivity contribution in [3.63, 3.8) is 0 Å². The van der Waals surface area contributed by atoms with E-state index in [9.17, 15) is 18.8 Å². The summed E-state index contributed by atoms with van der Waals surface area (Å²) < 4.78 is 13.1. The van der Waals surface area contributed by atoms with Crippen LogP contribution < -0.4 is 10.6 Å². The highest BCUT2D eigenvalue weighted by molar-refractivity contribution is 6.05. The van der Waals surface area contributed by atoms with Crippen LogP contribution in [0, 0.1) is 18.7 Å². The summed E-state index contributed by atoms with van der Waals surface area (Å²) >= 11 is 0. The van der Waals surface area contributed by atoms with Crippen LogP contribution in [0.5, 0.6) is 0 Å². The zero-order valence-electron chi connectivity index (χ0n) is 17.2. The van der Waals surface area contributed by atoms with Crippen molar-refractivity contribution in [2.24, 2.45) is 5.92 Å². The molecule has 1 aliphatic heterocycles. The Hall–Kier alpha value is -3.22. The average Bonchev–Trinajstić information content (AvgIpc) is 2.75. The SMILES string of the molecule is CNC(=O)c1c(C)cccc1NC(=O)C1CCCN(C(=O)Cc2ccc(F)cc2)C1. The van der Waals surface area contributed by atoms with Gasteiger partial charge in [0.2, 0.25) is 11.8 Å². The lowest BCUT2D eigenvalue weighted by Gasteiger charge is -2.32. The number of amides is 3. The minimum absolute atomic E-state index is 0.0827. The molecule has 3 rings (SSSR count). The standard InChI is InChI=1S/C23H26FN3O3/c1-15-5-3-7-19(21(15)23(30)25-2)26-22(29)17-6-4-12-27(14-17)20(28)13-16-8-10-18(24)11-9-16/h3,5,7-11,17H,4,6,12-14H2,1-2H3,(H,25,30)(H,26,29). The Labute approximate surface area is 175 Å². The molecule has 0 spiro atoms. The highest BCUT2D eigenvalue weighted by Crippen LogP contribution is 2.23. The van der Waals surface area contributed by atoms with Gasteiger partial charge in [-0.3, -0.25) is 14.4 Å². The number of piperidine rings is 1. The number of likely N-dealkylation sites (tertiary alicyclic amines) is 1. The summed E-state index contributed by atoms with van der Waals surface area (Å²) in [6.45, 7) is 2.74. The van der Waals surface area contributed by atoms with Crippen LogP contribution in [0.2, 0.25) is 0 Å². The van der Waals surface area contributed by atoms with Crippen molar-refractivity contribution in [2.75, 3.05) is 25.5 Å². The van der Waals surface area contributed by atoms with Gasteiger partial charge in [-0.1, -0.05) is 24.3 Å². The summed E-state index contributed by atoms with van der Waals surface area (Å²) in [5.74, 6) is -1.24. The fourth-order valence-corrected chi connectivity index (χ4v) is 3.74. The van der Waals surface area contributed by atoms with E-state index in [1.807, 2.05) is 13.0 Å². The zero-order valence-corrected chi connectivity index (χ0v) is 17.2. The first-order chi connectivity index (χ1) is 14.4. The third-order valence-corrected chi connectivity index (χ3v) is 5.40. The molecule has 2 aromatic rings. The maximum Gasteiger partial charge on any atom is 0.253 e. The Morgan fingerprint density at radius 2 is 1.87 bits per heavy atom. The van der Waals surface area contributed by atoms with Crippen molar-refractivity contribution in [2.45, 2.75) is 26.2 Å². The molecule has 0 bridgehead atoms. The third kappa shape index (κ3) is 5.03. The van der Waals surface area contributed by atoms with Crippen molar-refractivity contribution in [1.29, 1.82) is 0 Å². The molecule has 1 saturated heterocycles. The van der Waals surface area contributed by atoms with Gasteiger partial charge in [0.05, 0.1) is 23.6 Å². The number of carbonyl (C=O) groups is 3. The second-order valence-electron chi connectivity index (χ2n) is 7.55. The van der Waals surface area contributed by atoms with Gasteiger partial charge in [-0.25, -0.2) is 4.39 Å². The Morgan fingerprint density at radius 3 is 2.57 bits per heavy atom. The molecule has 30 heavy (non-hydrogen) atoms. The molecule has 1 fully saturated rings. The molecule has 0 aromatic heterocycles. The van der Waals surface area contributed by atoms with Crippen LogP contribution in [0.1, 0.15) is 34.3 Å². The molecule has 0 aliphatic carbocycles. The summed E-state index contributed by atoms with van der Waals surface area (Å²) in [5, 5.41) is 5.47. The van der Waals surface area contributed by atoms with Crippen molar-refractivity contribution in [1.82, 2.24) is 10.2 Å². The highest BCUT2D eigenvalue weighted by Gasteiger charge is 2.29. The van der Waals surface area contributed by atoms with Gasteiger partial charge >= 0.3 is 0 Å². The maximum absolute atomic E-state index is 13.1. The largest absolute Gasteiger partial charge is 0.355 e. The topological polar surface area (TPSA) is 78.5 Å². The number of nitrogens with zero attached hydrogens (tertiary/aromatic N) is 1. The van der Waals surface area contributed by atoms with Crippen LogP contribution in [0.4, 0.5) is 10.1 Å². The number of aryl methyl sites for hydroxylation is 1. The van der Waals surface area contributed by atoms with Crippen LogP contribution in [-0.2, 0) is 16.0 Å². The molecular formula is C23H26FN3O3. The Morgan fingerprint density at radius 1 is 1.13 bits per heavy atom. The summed E-state index contributed by atoms with van der Waals surface area (Å²) in [4.78, 5) is 39.4. The van der Waals surface area contributed by atoms with Gasteiger partial charge < -0.3 is 15.5 Å². The van der Waals surface area contributed by atoms with Gasteiger partial charge in [0.15, 0.2) is 0 Å². The predicted octanol–water partition coefficient (Wildman–Crippen LogP) is 2.91. The van der Waals surface area contributed by atoms with Crippen LogP contribution >= 0.6 is 0 Å². The molecule has 2 aromatic carbocycles. The number of anilines is 1. The van der Waals surface area contributed by atoms with Gasteiger partial charge in [-0.05, 0) is 49.1 Å². The minimum atomic E-state index is -0.353. The fraction of sp³-hybridized carbons (Fsp3) is 0.348. The normalized spacial score (nSPS) is 16.1. The number of hydrogen-bond acceptors (Lipinski definition) is 3. The van der Waals surface area contributed by atoms with E-state index in [-0.39, 0.29) is 35.9 Å². The molecule has 1 atom stereocenters. The van der Waals surface area contributed by atoms with Crippen molar-refractivity contribution < 1.29 is 18.8 Å². The van der Waals surface area contributed by atoms with E-state index in [1.54, 1.807) is 36.2 Å². The van der Waals surface area contributed by atoms with Crippen LogP contribution in [0.15, 0.2) is 42.5 Å². The molecule has 7 heteroatoms. The van der Waals surface area contributed by atoms with E-state index in [4.69, 9.17) is 0 Å². The molecule has 1 aliphatic rings. The number of benzene rings is 2. The Balaban J connectivity index is 1.66. The number of halogens is 1. The van der Waals surface area contributed by atoms with E-state index >= 15 is 0 Å². The predicted molar refractivity (Wildman–Crippen MR) is 113 cm³/mol. The van der Waals surface area contributed by atoms with Gasteiger partial charge in [-0.15, -0.1) is 0 Å². The highest BCUT2D eigenvalue weighted by atomic mass is 19.1. The third-order valence-electron chi connectivity index (χ3n) is 5.40. The van der Waals surface area contributed by atoms with Crippen LogP contribution in [-0.4, -0.2) is 42.8 Å². The van der Waals surface area contributed by atoms with Gasteiger partial charge in [0.1, 0.15) is 5.82 Å². The smallest absolute Gasteiger partial charge is 0.253 e. The van der Waals surface area contributed by atoms with E-state index < -0.39 is 0 Å². The van der Waals surface area contributed by atoms with Gasteiger partial charge in [-0.2, -0.15) is 0 Å². The quantitative estimate of drug-likeness (QED) is 0.794. The number of rotatable bonds is 5. The van der Waals surface area contributed by atoms with Crippen LogP contribution in [0.3, 0.4) is 0 Å². The first-order valence-electron chi connectivity index (χ1n) is 10.0. The first-order valence-corrected chi connectivity index (χ1v) is 10.0. The molecule has 0 saturated carbocycles. The van der Waals surface area contributed by atoms with Crippen LogP contribution in [0.25, 0.3) is 0 Å². The van der Waals surface area contributed by atoms with E-state index in [0.29, 0.717) is 30.8 Å². The van der Waals surface area contributed by atoms with Crippen molar-refractivity contribution in [3.8, 4) is 0 Å². The Kier molecular flexibility index (Phi) is 6.82. The maximum atomic E-state index is 13.1. The summed E-state index contributed by atoms with van der Waals surface area (Å²) in [7, 11) is 1.55. The molecule has 158 valence electrons. The summed E-state index contributed by atoms with van der Waals surface area (Å²) in [6.07, 6.45) is 1.57. The molecule has 1 heterocycles. The molecule has 0 radical (unpaired) electrons. The summed E-state index contributed by atoms with van der Waals surface area (Å²) in [6, 6.07) is 11.2. The molecule has 3 amide bonds. The molecule has 2 N–H and O–H groups in total. The van der Waals surface area contributed by atoms with Crippen molar-refractivity contribution in [3.05, 3.63) is 65.0 Å². The van der Waals surface area contributed by atoms with Gasteiger partial charge in [0.25, 0.3) is 5.91 Å². The lowest BCUT2D eigenvalue weighted by atomic mass is 9.96. The second kappa shape index (κ2) is 9.52. The van der Waals surface area contributed by atoms with Crippen molar-refractivity contribution >= 4 is 23.4 Å². The van der Waals surface area contributed by atoms with Gasteiger partial charge in [0, 0.05) is 20.1 Å². The molecule has 1 unspecified atom stereocenters. The number of hydrogen-bond donors (Lipinski definition) is 2. The minimum Gasteiger partial charge on any atom is -0.355 e. The monoisotopic (exact) mass is 411 g/mol. The van der Waals surface area contributed by atoms with E-state index in [1.165, 1.54) is 12.1 Å². The first kappa shape index (κ1) is 21.5. The fourth-order valence-electron chi connectivity index (χ4n) is 3.74. The molecular weight excluding hydrogens is 385 g/mol. The second-order valence-corrected chi connectivity index (χ2v) is 7.55. The zero-order chi connectivity index (χ0) is 21.7. The number of nitrogens with one attached hydrogen (secondary N) is 2. The summed E-state index contributed by atoms with van der Waals surface area (Å²) in [5.41, 5.74) is 2.41. The Bertz CT molecular complexity index is 943. The van der Waals surface area contributed by atoms with E-state index in [2.05, 4.69) is 10.6 Å². The lowest BCUT2D eigenvalue weighted by Crippen LogP contribution is -2.44. The lowest BCUT2D eigenvalue weighted by molar-refractivity contribution is -0.133. The molecule has 6 nitrogen and oxygen atoms in total.